The van der Waals surface area contributed by atoms with Gasteiger partial charge in [0, 0.05) is 5.56 Å². The predicted molar refractivity (Wildman–Crippen MR) is 73.2 cm³/mol. The van der Waals surface area contributed by atoms with E-state index >= 15 is 0 Å². The predicted octanol–water partition coefficient (Wildman–Crippen LogP) is 1.49. The molecule has 1 saturated carbocycles. The van der Waals surface area contributed by atoms with Crippen LogP contribution in [-0.4, -0.2) is 36.4 Å². The number of aliphatic hydroxyl groups is 1. The Kier molecular flexibility index (Phi) is 3.53. The molecule has 0 aromatic heterocycles. The van der Waals surface area contributed by atoms with Gasteiger partial charge in [-0.1, -0.05) is 12.8 Å². The van der Waals surface area contributed by atoms with Crippen LogP contribution < -0.4 is 14.8 Å². The number of rotatable bonds is 3. The molecular weight excluding hydrogens is 258 g/mol. The van der Waals surface area contributed by atoms with E-state index in [1.807, 2.05) is 0 Å². The first-order chi connectivity index (χ1) is 9.72. The second kappa shape index (κ2) is 5.32. The number of ether oxygens (including phenoxy) is 2. The van der Waals surface area contributed by atoms with Crippen LogP contribution in [0.4, 0.5) is 0 Å². The molecule has 1 amide bonds. The third-order valence-corrected chi connectivity index (χ3v) is 4.05. The van der Waals surface area contributed by atoms with E-state index in [1.165, 1.54) is 0 Å². The molecule has 5 nitrogen and oxygen atoms in total. The summed E-state index contributed by atoms with van der Waals surface area (Å²) in [6, 6.07) is 5.18. The van der Waals surface area contributed by atoms with Gasteiger partial charge >= 0.3 is 0 Å². The summed E-state index contributed by atoms with van der Waals surface area (Å²) in [7, 11) is 0. The van der Waals surface area contributed by atoms with Crippen LogP contribution in [0.5, 0.6) is 11.5 Å². The second-order valence-corrected chi connectivity index (χ2v) is 5.46. The van der Waals surface area contributed by atoms with Gasteiger partial charge in [-0.25, -0.2) is 0 Å². The number of amides is 1. The van der Waals surface area contributed by atoms with E-state index in [4.69, 9.17) is 9.47 Å². The molecule has 1 aliphatic heterocycles. The SMILES string of the molecule is O=C(NC1(CO)CCCC1)c1ccc2c(c1)OCCO2. The number of hydrogen-bond acceptors (Lipinski definition) is 4. The quantitative estimate of drug-likeness (QED) is 0.878. The highest BCUT2D eigenvalue weighted by Gasteiger charge is 2.35. The molecule has 2 N–H and O–H groups in total. The lowest BCUT2D eigenvalue weighted by Crippen LogP contribution is -2.49. The maximum atomic E-state index is 12.3. The van der Waals surface area contributed by atoms with E-state index in [0.717, 1.165) is 25.7 Å². The summed E-state index contributed by atoms with van der Waals surface area (Å²) in [6.45, 7) is 1.02. The van der Waals surface area contributed by atoms with E-state index < -0.39 is 5.54 Å². The molecule has 1 fully saturated rings. The molecule has 0 radical (unpaired) electrons. The minimum atomic E-state index is -0.454. The number of benzene rings is 1. The Balaban J connectivity index is 1.77. The Morgan fingerprint density at radius 2 is 1.90 bits per heavy atom. The van der Waals surface area contributed by atoms with Gasteiger partial charge in [-0.2, -0.15) is 0 Å². The Morgan fingerprint density at radius 1 is 1.20 bits per heavy atom. The van der Waals surface area contributed by atoms with Gasteiger partial charge < -0.3 is 19.9 Å². The topological polar surface area (TPSA) is 67.8 Å². The van der Waals surface area contributed by atoms with Gasteiger partial charge in [0.15, 0.2) is 11.5 Å². The summed E-state index contributed by atoms with van der Waals surface area (Å²) in [6.07, 6.45) is 3.75. The van der Waals surface area contributed by atoms with Gasteiger partial charge in [0.25, 0.3) is 5.91 Å². The van der Waals surface area contributed by atoms with Crippen molar-refractivity contribution in [2.24, 2.45) is 0 Å². The summed E-state index contributed by atoms with van der Waals surface area (Å²) in [5.74, 6) is 1.11. The summed E-state index contributed by atoms with van der Waals surface area (Å²) >= 11 is 0. The van der Waals surface area contributed by atoms with Crippen LogP contribution in [0, 0.1) is 0 Å². The molecule has 1 aromatic rings. The van der Waals surface area contributed by atoms with Crippen molar-refractivity contribution in [1.82, 2.24) is 5.32 Å². The molecule has 3 rings (SSSR count). The molecule has 0 unspecified atom stereocenters. The third-order valence-electron chi connectivity index (χ3n) is 4.05. The van der Waals surface area contributed by atoms with Crippen molar-refractivity contribution in [3.8, 4) is 11.5 Å². The van der Waals surface area contributed by atoms with Crippen LogP contribution in [-0.2, 0) is 0 Å². The zero-order valence-corrected chi connectivity index (χ0v) is 11.4. The normalized spacial score (nSPS) is 19.6. The lowest BCUT2D eigenvalue weighted by atomic mass is 9.98. The summed E-state index contributed by atoms with van der Waals surface area (Å²) in [5, 5.41) is 12.5. The molecule has 0 saturated heterocycles. The third kappa shape index (κ3) is 2.45. The highest BCUT2D eigenvalue weighted by atomic mass is 16.6. The maximum absolute atomic E-state index is 12.3. The highest BCUT2D eigenvalue weighted by molar-refractivity contribution is 5.95. The lowest BCUT2D eigenvalue weighted by Gasteiger charge is -2.28. The Labute approximate surface area is 117 Å². The molecule has 5 heteroatoms. The molecule has 1 heterocycles. The Bertz CT molecular complexity index is 509. The first-order valence-electron chi connectivity index (χ1n) is 7.05. The summed E-state index contributed by atoms with van der Waals surface area (Å²) in [5.41, 5.74) is 0.0821. The standard InChI is InChI=1S/C15H19NO4/c17-10-15(5-1-2-6-15)16-14(18)11-3-4-12-13(9-11)20-8-7-19-12/h3-4,9,17H,1-2,5-8,10H2,(H,16,18). The largest absolute Gasteiger partial charge is 0.486 e. The van der Waals surface area contributed by atoms with E-state index in [2.05, 4.69) is 5.32 Å². The first-order valence-corrected chi connectivity index (χ1v) is 7.05. The molecule has 1 aliphatic carbocycles. The number of aliphatic hydroxyl groups excluding tert-OH is 1. The van der Waals surface area contributed by atoms with Gasteiger partial charge in [-0.3, -0.25) is 4.79 Å². The van der Waals surface area contributed by atoms with Crippen molar-refractivity contribution in [3.05, 3.63) is 23.8 Å². The minimum Gasteiger partial charge on any atom is -0.486 e. The van der Waals surface area contributed by atoms with Crippen molar-refractivity contribution in [2.75, 3.05) is 19.8 Å². The molecule has 20 heavy (non-hydrogen) atoms. The average Bonchev–Trinajstić information content (AvgIpc) is 2.96. The molecule has 1 aromatic carbocycles. The molecule has 108 valence electrons. The molecule has 2 aliphatic rings. The van der Waals surface area contributed by atoms with Crippen LogP contribution in [0.2, 0.25) is 0 Å². The van der Waals surface area contributed by atoms with Gasteiger partial charge in [0.05, 0.1) is 12.1 Å². The summed E-state index contributed by atoms with van der Waals surface area (Å²) < 4.78 is 10.9. The maximum Gasteiger partial charge on any atom is 0.251 e. The van der Waals surface area contributed by atoms with Crippen LogP contribution in [0.3, 0.4) is 0 Å². The molecule has 0 bridgehead atoms. The fourth-order valence-electron chi connectivity index (χ4n) is 2.87. The smallest absolute Gasteiger partial charge is 0.251 e. The fourth-order valence-corrected chi connectivity index (χ4v) is 2.87. The van der Waals surface area contributed by atoms with Crippen LogP contribution in [0.15, 0.2) is 18.2 Å². The minimum absolute atomic E-state index is 0.0106. The highest BCUT2D eigenvalue weighted by Crippen LogP contribution is 2.32. The van der Waals surface area contributed by atoms with Crippen molar-refractivity contribution in [1.29, 1.82) is 0 Å². The van der Waals surface area contributed by atoms with Crippen molar-refractivity contribution in [3.63, 3.8) is 0 Å². The average molecular weight is 277 g/mol. The fraction of sp³-hybridized carbons (Fsp3) is 0.533. The number of nitrogens with one attached hydrogen (secondary N) is 1. The van der Waals surface area contributed by atoms with Gasteiger partial charge in [0.1, 0.15) is 13.2 Å². The lowest BCUT2D eigenvalue weighted by molar-refractivity contribution is 0.0837. The number of fused-ring (bicyclic) bond motifs is 1. The van der Waals surface area contributed by atoms with E-state index in [-0.39, 0.29) is 12.5 Å². The van der Waals surface area contributed by atoms with Crippen molar-refractivity contribution < 1.29 is 19.4 Å². The Morgan fingerprint density at radius 3 is 2.60 bits per heavy atom. The van der Waals surface area contributed by atoms with Crippen LogP contribution >= 0.6 is 0 Å². The number of carbonyl (C=O) groups excluding carboxylic acids is 1. The van der Waals surface area contributed by atoms with Gasteiger partial charge in [-0.15, -0.1) is 0 Å². The zero-order chi connectivity index (χ0) is 14.0. The van der Waals surface area contributed by atoms with Crippen LogP contribution in [0.1, 0.15) is 36.0 Å². The van der Waals surface area contributed by atoms with Gasteiger partial charge in [-0.05, 0) is 31.0 Å². The molecule has 0 spiro atoms. The van der Waals surface area contributed by atoms with Crippen LogP contribution in [0.25, 0.3) is 0 Å². The monoisotopic (exact) mass is 277 g/mol. The van der Waals surface area contributed by atoms with Crippen molar-refractivity contribution >= 4 is 5.91 Å². The first kappa shape index (κ1) is 13.2. The molecule has 0 atom stereocenters. The summed E-state index contributed by atoms with van der Waals surface area (Å²) in [4.78, 5) is 12.3. The number of carbonyl (C=O) groups is 1. The second-order valence-electron chi connectivity index (χ2n) is 5.46. The van der Waals surface area contributed by atoms with Gasteiger partial charge in [0.2, 0.25) is 0 Å². The Hall–Kier alpha value is -1.75. The zero-order valence-electron chi connectivity index (χ0n) is 11.4. The molecular formula is C15H19NO4. The van der Waals surface area contributed by atoms with E-state index in [9.17, 15) is 9.90 Å². The van der Waals surface area contributed by atoms with E-state index in [1.54, 1.807) is 18.2 Å². The number of hydrogen-bond donors (Lipinski definition) is 2. The van der Waals surface area contributed by atoms with Crippen molar-refractivity contribution in [2.45, 2.75) is 31.2 Å². The van der Waals surface area contributed by atoms with E-state index in [0.29, 0.717) is 30.3 Å².